The van der Waals surface area contributed by atoms with Gasteiger partial charge in [0.25, 0.3) is 5.91 Å². The van der Waals surface area contributed by atoms with E-state index in [2.05, 4.69) is 35.0 Å². The lowest BCUT2D eigenvalue weighted by Crippen LogP contribution is -2.38. The zero-order chi connectivity index (χ0) is 19.5. The van der Waals surface area contributed by atoms with Gasteiger partial charge in [-0.1, -0.05) is 13.0 Å². The van der Waals surface area contributed by atoms with Crippen LogP contribution in [-0.4, -0.2) is 42.0 Å². The summed E-state index contributed by atoms with van der Waals surface area (Å²) in [6, 6.07) is 10.2. The minimum Gasteiger partial charge on any atom is -0.397 e. The van der Waals surface area contributed by atoms with Crippen molar-refractivity contribution >= 4 is 17.3 Å². The lowest BCUT2D eigenvalue weighted by molar-refractivity contribution is 0.0712. The molecule has 0 radical (unpaired) electrons. The smallest absolute Gasteiger partial charge is 0.255 e. The van der Waals surface area contributed by atoms with Crippen molar-refractivity contribution in [3.8, 4) is 0 Å². The van der Waals surface area contributed by atoms with Crippen LogP contribution in [0.1, 0.15) is 54.4 Å². The number of hydrogen-bond donors (Lipinski definition) is 1. The number of rotatable bonds is 3. The molecule has 148 valence electrons. The second-order valence-electron chi connectivity index (χ2n) is 8.30. The second-order valence-corrected chi connectivity index (χ2v) is 8.30. The minimum absolute atomic E-state index is 0.0898. The summed E-state index contributed by atoms with van der Waals surface area (Å²) in [5.41, 5.74) is 10.4. The monoisotopic (exact) mass is 378 g/mol. The van der Waals surface area contributed by atoms with E-state index >= 15 is 0 Å². The molecular weight excluding hydrogens is 348 g/mol. The van der Waals surface area contributed by atoms with E-state index in [0.29, 0.717) is 11.5 Å². The van der Waals surface area contributed by atoms with Crippen LogP contribution in [-0.2, 0) is 0 Å². The maximum atomic E-state index is 12.6. The number of nitrogens with zero attached hydrogens (tertiary/aromatic N) is 3. The van der Waals surface area contributed by atoms with Crippen LogP contribution in [0.3, 0.4) is 0 Å². The van der Waals surface area contributed by atoms with Crippen LogP contribution < -0.4 is 10.6 Å². The van der Waals surface area contributed by atoms with Gasteiger partial charge in [0.1, 0.15) is 0 Å². The molecule has 0 bridgehead atoms. The molecule has 5 nitrogen and oxygen atoms in total. The highest BCUT2D eigenvalue weighted by atomic mass is 16.2. The molecule has 2 saturated heterocycles. The number of nitrogen functional groups attached to an aromatic ring is 1. The van der Waals surface area contributed by atoms with E-state index in [1.54, 1.807) is 12.4 Å². The summed E-state index contributed by atoms with van der Waals surface area (Å²) in [6.07, 6.45) is 7.81. The predicted octanol–water partition coefficient (Wildman–Crippen LogP) is 3.92. The highest BCUT2D eigenvalue weighted by molar-refractivity contribution is 5.93. The van der Waals surface area contributed by atoms with Crippen molar-refractivity contribution < 1.29 is 4.79 Å². The van der Waals surface area contributed by atoms with E-state index < -0.39 is 0 Å². The topological polar surface area (TPSA) is 62.5 Å². The molecule has 0 saturated carbocycles. The van der Waals surface area contributed by atoms with Gasteiger partial charge < -0.3 is 15.5 Å². The fraction of sp³-hybridized carbons (Fsp3) is 0.478. The molecule has 1 aromatic heterocycles. The largest absolute Gasteiger partial charge is 0.397 e. The number of anilines is 2. The molecular formula is C23H30N4O. The van der Waals surface area contributed by atoms with Crippen molar-refractivity contribution in [2.24, 2.45) is 5.92 Å². The number of hydrogen-bond acceptors (Lipinski definition) is 4. The number of pyridine rings is 1. The third-order valence-corrected chi connectivity index (χ3v) is 6.34. The highest BCUT2D eigenvalue weighted by Crippen LogP contribution is 2.35. The fourth-order valence-corrected chi connectivity index (χ4v) is 4.43. The lowest BCUT2D eigenvalue weighted by Gasteiger charge is -2.35. The molecule has 3 heterocycles. The molecule has 2 aliphatic heterocycles. The van der Waals surface area contributed by atoms with Gasteiger partial charge in [-0.25, -0.2) is 0 Å². The number of carbonyl (C=O) groups is 1. The minimum atomic E-state index is 0.0898. The Hall–Kier alpha value is -2.56. The average molecular weight is 379 g/mol. The number of carbonyl (C=O) groups excluding carboxylic acids is 1. The van der Waals surface area contributed by atoms with E-state index in [4.69, 9.17) is 5.73 Å². The quantitative estimate of drug-likeness (QED) is 0.823. The van der Waals surface area contributed by atoms with E-state index in [1.807, 2.05) is 17.0 Å². The van der Waals surface area contributed by atoms with Gasteiger partial charge in [-0.2, -0.15) is 0 Å². The number of aromatic nitrogens is 1. The number of nitrogens with two attached hydrogens (primary N) is 1. The second kappa shape index (κ2) is 8.21. The van der Waals surface area contributed by atoms with Crippen LogP contribution in [0.15, 0.2) is 42.7 Å². The Bertz CT molecular complexity index is 807. The standard InChI is InChI=1S/C23H30N4O/c1-17-6-11-26(12-7-17)22-15-19(4-5-21(22)24)18-8-13-27(14-9-18)23(28)20-3-2-10-25-16-20/h2-5,10,15-18H,6-9,11-14,24H2,1H3. The van der Waals surface area contributed by atoms with E-state index in [9.17, 15) is 4.79 Å². The summed E-state index contributed by atoms with van der Waals surface area (Å²) in [6.45, 7) is 6.09. The molecule has 2 N–H and O–H groups in total. The molecule has 0 spiro atoms. The molecule has 1 amide bonds. The average Bonchev–Trinajstić information content (AvgIpc) is 2.75. The maximum Gasteiger partial charge on any atom is 0.255 e. The van der Waals surface area contributed by atoms with E-state index in [0.717, 1.165) is 50.6 Å². The first kappa shape index (κ1) is 18.8. The summed E-state index contributed by atoms with van der Waals surface area (Å²) in [5, 5.41) is 0. The number of benzene rings is 1. The Kier molecular flexibility index (Phi) is 5.51. The van der Waals surface area contributed by atoms with Gasteiger partial charge in [-0.15, -0.1) is 0 Å². The van der Waals surface area contributed by atoms with Gasteiger partial charge in [-0.05, 0) is 67.3 Å². The van der Waals surface area contributed by atoms with Crippen LogP contribution in [0.5, 0.6) is 0 Å². The van der Waals surface area contributed by atoms with Gasteiger partial charge in [0.15, 0.2) is 0 Å². The molecule has 1 aromatic carbocycles. The van der Waals surface area contributed by atoms with Crippen molar-refractivity contribution in [2.75, 3.05) is 36.8 Å². The number of amides is 1. The van der Waals surface area contributed by atoms with Gasteiger partial charge in [0.05, 0.1) is 16.9 Å². The molecule has 28 heavy (non-hydrogen) atoms. The van der Waals surface area contributed by atoms with Crippen LogP contribution in [0.25, 0.3) is 0 Å². The van der Waals surface area contributed by atoms with Crippen molar-refractivity contribution in [3.05, 3.63) is 53.9 Å². The van der Waals surface area contributed by atoms with E-state index in [1.165, 1.54) is 24.1 Å². The van der Waals surface area contributed by atoms with Crippen molar-refractivity contribution in [3.63, 3.8) is 0 Å². The summed E-state index contributed by atoms with van der Waals surface area (Å²) >= 11 is 0. The van der Waals surface area contributed by atoms with E-state index in [-0.39, 0.29) is 5.91 Å². The summed E-state index contributed by atoms with van der Waals surface area (Å²) in [7, 11) is 0. The van der Waals surface area contributed by atoms with Crippen molar-refractivity contribution in [2.45, 2.75) is 38.5 Å². The van der Waals surface area contributed by atoms with Gasteiger partial charge >= 0.3 is 0 Å². The zero-order valence-electron chi connectivity index (χ0n) is 16.7. The highest BCUT2D eigenvalue weighted by Gasteiger charge is 2.26. The van der Waals surface area contributed by atoms with Crippen LogP contribution in [0, 0.1) is 5.92 Å². The first-order valence-electron chi connectivity index (χ1n) is 10.5. The fourth-order valence-electron chi connectivity index (χ4n) is 4.43. The predicted molar refractivity (Wildman–Crippen MR) is 114 cm³/mol. The first-order chi connectivity index (χ1) is 13.6. The number of likely N-dealkylation sites (tertiary alicyclic amines) is 1. The Labute approximate surface area is 167 Å². The summed E-state index contributed by atoms with van der Waals surface area (Å²) in [4.78, 5) is 21.1. The van der Waals surface area contributed by atoms with Crippen molar-refractivity contribution in [1.82, 2.24) is 9.88 Å². The first-order valence-corrected chi connectivity index (χ1v) is 10.5. The molecule has 5 heteroatoms. The van der Waals surface area contributed by atoms with Gasteiger partial charge in [-0.3, -0.25) is 9.78 Å². The Morgan fingerprint density at radius 3 is 2.50 bits per heavy atom. The van der Waals surface area contributed by atoms with Gasteiger partial charge in [0, 0.05) is 38.6 Å². The third-order valence-electron chi connectivity index (χ3n) is 6.34. The molecule has 4 rings (SSSR count). The van der Waals surface area contributed by atoms with Gasteiger partial charge in [0.2, 0.25) is 0 Å². The summed E-state index contributed by atoms with van der Waals surface area (Å²) < 4.78 is 0. The van der Waals surface area contributed by atoms with Crippen LogP contribution in [0.2, 0.25) is 0 Å². The van der Waals surface area contributed by atoms with Crippen molar-refractivity contribution in [1.29, 1.82) is 0 Å². The summed E-state index contributed by atoms with van der Waals surface area (Å²) in [5.74, 6) is 1.38. The Morgan fingerprint density at radius 1 is 1.07 bits per heavy atom. The Balaban J connectivity index is 1.42. The molecule has 2 aliphatic rings. The molecule has 2 fully saturated rings. The normalized spacial score (nSPS) is 19.0. The third kappa shape index (κ3) is 3.98. The molecule has 2 aromatic rings. The number of piperidine rings is 2. The SMILES string of the molecule is CC1CCN(c2cc(C3CCN(C(=O)c4cccnc4)CC3)ccc2N)CC1. The lowest BCUT2D eigenvalue weighted by atomic mass is 9.88. The molecule has 0 atom stereocenters. The maximum absolute atomic E-state index is 12.6. The Morgan fingerprint density at radius 2 is 1.82 bits per heavy atom. The van der Waals surface area contributed by atoms with Crippen LogP contribution in [0.4, 0.5) is 11.4 Å². The molecule has 0 unspecified atom stereocenters. The zero-order valence-corrected chi connectivity index (χ0v) is 16.7. The molecule has 0 aliphatic carbocycles. The van der Waals surface area contributed by atoms with Crippen LogP contribution >= 0.6 is 0 Å².